The Balaban J connectivity index is 1.24. The van der Waals surface area contributed by atoms with Gasteiger partial charge in [-0.2, -0.15) is 0 Å². The summed E-state index contributed by atoms with van der Waals surface area (Å²) in [5.41, 5.74) is 16.3. The molecule has 6 aliphatic rings. The molecule has 0 aromatic heterocycles. The largest absolute Gasteiger partial charge is 0.0761 e. The maximum atomic E-state index is 2.63. The highest BCUT2D eigenvalue weighted by Gasteiger charge is 2.46. The highest BCUT2D eigenvalue weighted by Crippen LogP contribution is 2.57. The molecule has 11 rings (SSSR count). The molecule has 3 unspecified atom stereocenters. The first-order valence-corrected chi connectivity index (χ1v) is 19.4. The summed E-state index contributed by atoms with van der Waals surface area (Å²) < 4.78 is 0. The Morgan fingerprint density at radius 2 is 1.13 bits per heavy atom. The van der Waals surface area contributed by atoms with Crippen molar-refractivity contribution < 1.29 is 0 Å². The summed E-state index contributed by atoms with van der Waals surface area (Å²) in [5, 5.41) is 8.51. The molecule has 0 radical (unpaired) electrons. The lowest BCUT2D eigenvalue weighted by molar-refractivity contribution is 0.417. The molecule has 0 heterocycles. The van der Waals surface area contributed by atoms with E-state index >= 15 is 0 Å². The first-order chi connectivity index (χ1) is 25.4. The molecule has 5 aromatic carbocycles. The average Bonchev–Trinajstić information content (AvgIpc) is 3.56. The maximum Gasteiger partial charge on any atom is 0.0155 e. The zero-order valence-corrected chi connectivity index (χ0v) is 30.6. The number of hydrogen-bond acceptors (Lipinski definition) is 0. The van der Waals surface area contributed by atoms with E-state index in [1.165, 1.54) is 87.3 Å². The van der Waals surface area contributed by atoms with Crippen LogP contribution >= 0.6 is 0 Å². The van der Waals surface area contributed by atoms with Crippen molar-refractivity contribution in [2.45, 2.75) is 57.8 Å². The van der Waals surface area contributed by atoms with E-state index < -0.39 is 0 Å². The van der Waals surface area contributed by atoms with E-state index in [-0.39, 0.29) is 16.7 Å². The molecular formula is C52H44. The smallest absolute Gasteiger partial charge is 0.0155 e. The van der Waals surface area contributed by atoms with Crippen LogP contribution in [0, 0.1) is 17.8 Å². The van der Waals surface area contributed by atoms with Gasteiger partial charge in [-0.25, -0.2) is 0 Å². The first-order valence-electron chi connectivity index (χ1n) is 19.4. The Morgan fingerprint density at radius 1 is 0.558 bits per heavy atom. The van der Waals surface area contributed by atoms with Gasteiger partial charge in [-0.1, -0.05) is 167 Å². The molecule has 0 saturated heterocycles. The van der Waals surface area contributed by atoms with Gasteiger partial charge in [0.05, 0.1) is 0 Å². The van der Waals surface area contributed by atoms with E-state index in [0.29, 0.717) is 11.8 Å². The molecule has 252 valence electrons. The van der Waals surface area contributed by atoms with Crippen LogP contribution in [0.15, 0.2) is 133 Å². The lowest BCUT2D eigenvalue weighted by atomic mass is 9.67. The minimum atomic E-state index is -0.0513. The number of hydrogen-bond donors (Lipinski definition) is 0. The highest BCUT2D eigenvalue weighted by atomic mass is 14.5. The van der Waals surface area contributed by atoms with Gasteiger partial charge < -0.3 is 0 Å². The van der Waals surface area contributed by atoms with Gasteiger partial charge in [0.15, 0.2) is 0 Å². The molecule has 0 fully saturated rings. The van der Waals surface area contributed by atoms with Crippen LogP contribution in [0.3, 0.4) is 0 Å². The molecule has 5 aromatic rings. The van der Waals surface area contributed by atoms with Crippen LogP contribution in [-0.4, -0.2) is 0 Å². The zero-order valence-electron chi connectivity index (χ0n) is 30.6. The second kappa shape index (κ2) is 10.7. The van der Waals surface area contributed by atoms with Gasteiger partial charge in [-0.05, 0) is 123 Å². The van der Waals surface area contributed by atoms with E-state index in [9.17, 15) is 0 Å². The van der Waals surface area contributed by atoms with Crippen molar-refractivity contribution >= 4 is 45.2 Å². The van der Waals surface area contributed by atoms with Gasteiger partial charge in [-0.3, -0.25) is 0 Å². The minimum Gasteiger partial charge on any atom is -0.0761 e. The zero-order chi connectivity index (χ0) is 34.9. The van der Waals surface area contributed by atoms with Crippen molar-refractivity contribution in [1.29, 1.82) is 0 Å². The lowest BCUT2D eigenvalue weighted by Crippen LogP contribution is -2.42. The predicted molar refractivity (Wildman–Crippen MR) is 219 cm³/mol. The standard InChI is InChI=1S/C52H44/c1-51(2)43-27-15-13-25-39(43)49-33-19-7-5-17-31(33)41(29-45(49)51)47-35-21-9-11-23-37(35)48(38-24-12-10-22-36(38)47)42-30-46-50(34-20-8-6-18-32(34)42)40-26-14-16-28-44(40)52(46,3)4/h5-9,11,13-29,31,33,46H,10,12,30H2,1-4H3. The highest BCUT2D eigenvalue weighted by molar-refractivity contribution is 6.04. The van der Waals surface area contributed by atoms with Gasteiger partial charge in [0, 0.05) is 17.3 Å². The predicted octanol–water partition coefficient (Wildman–Crippen LogP) is 9.40. The minimum absolute atomic E-state index is 0.0513. The van der Waals surface area contributed by atoms with Gasteiger partial charge in [0.25, 0.3) is 0 Å². The third-order valence-corrected chi connectivity index (χ3v) is 13.8. The van der Waals surface area contributed by atoms with Crippen LogP contribution in [-0.2, 0) is 10.8 Å². The van der Waals surface area contributed by atoms with E-state index in [2.05, 4.69) is 167 Å². The lowest BCUT2D eigenvalue weighted by Gasteiger charge is -2.36. The summed E-state index contributed by atoms with van der Waals surface area (Å²) in [5.74, 6) is 1.04. The summed E-state index contributed by atoms with van der Waals surface area (Å²) in [6, 6.07) is 37.1. The van der Waals surface area contributed by atoms with Crippen molar-refractivity contribution in [3.05, 3.63) is 187 Å². The van der Waals surface area contributed by atoms with Crippen molar-refractivity contribution in [2.24, 2.45) is 17.8 Å². The Kier molecular flexibility index (Phi) is 6.25. The topological polar surface area (TPSA) is 0 Å². The van der Waals surface area contributed by atoms with Gasteiger partial charge in [0.1, 0.15) is 0 Å². The molecular weight excluding hydrogens is 625 g/mol. The van der Waals surface area contributed by atoms with Crippen molar-refractivity contribution in [3.8, 4) is 0 Å². The molecule has 3 atom stereocenters. The molecule has 0 nitrogen and oxygen atoms in total. The van der Waals surface area contributed by atoms with Gasteiger partial charge in [0.2, 0.25) is 0 Å². The van der Waals surface area contributed by atoms with E-state index in [1.54, 1.807) is 5.57 Å². The Morgan fingerprint density at radius 3 is 1.88 bits per heavy atom. The molecule has 0 spiro atoms. The summed E-state index contributed by atoms with van der Waals surface area (Å²) >= 11 is 0. The third-order valence-electron chi connectivity index (χ3n) is 13.8. The Labute approximate surface area is 306 Å². The fourth-order valence-corrected chi connectivity index (χ4v) is 11.4. The Hall–Kier alpha value is -5.20. The first kappa shape index (κ1) is 30.4. The fourth-order valence-electron chi connectivity index (χ4n) is 11.4. The molecule has 52 heavy (non-hydrogen) atoms. The molecule has 0 saturated carbocycles. The summed E-state index contributed by atoms with van der Waals surface area (Å²) in [6.45, 7) is 9.84. The third kappa shape index (κ3) is 3.88. The van der Waals surface area contributed by atoms with Crippen LogP contribution in [0.1, 0.15) is 80.3 Å². The van der Waals surface area contributed by atoms with E-state index in [1.807, 2.05) is 0 Å². The number of rotatable bonds is 2. The van der Waals surface area contributed by atoms with Crippen molar-refractivity contribution in [2.75, 3.05) is 0 Å². The average molecular weight is 669 g/mol. The Bertz CT molecular complexity index is 2820. The summed E-state index contributed by atoms with van der Waals surface area (Å²) in [7, 11) is 0. The molecule has 0 aliphatic heterocycles. The molecule has 0 heteroatoms. The second-order valence-corrected chi connectivity index (χ2v) is 17.0. The van der Waals surface area contributed by atoms with Crippen LogP contribution in [0.4, 0.5) is 0 Å². The van der Waals surface area contributed by atoms with Crippen molar-refractivity contribution in [3.63, 3.8) is 0 Å². The quantitative estimate of drug-likeness (QED) is 0.176. The molecule has 0 amide bonds. The molecule has 6 aliphatic carbocycles. The second-order valence-electron chi connectivity index (χ2n) is 17.0. The van der Waals surface area contributed by atoms with E-state index in [0.717, 1.165) is 19.3 Å². The fraction of sp³-hybridized carbons (Fsp3) is 0.231. The number of fused-ring (bicyclic) bond motifs is 10. The number of benzene rings is 5. The van der Waals surface area contributed by atoms with Crippen LogP contribution in [0.2, 0.25) is 0 Å². The maximum absolute atomic E-state index is 2.63. The van der Waals surface area contributed by atoms with Crippen molar-refractivity contribution in [1.82, 2.24) is 0 Å². The van der Waals surface area contributed by atoms with E-state index in [4.69, 9.17) is 0 Å². The number of allylic oxidation sites excluding steroid dienone is 8. The normalized spacial score (nSPS) is 23.8. The SMILES string of the molecule is CC1(C)C2=C(c3ccccc31)C1C=CC=CC1C(c1c3c(c(C4=c5ccccc5=C5c6ccccc6C(C)(C)C5C4)c4ccccc14)=CCCC=3)=C2. The van der Waals surface area contributed by atoms with Gasteiger partial charge >= 0.3 is 0 Å². The van der Waals surface area contributed by atoms with Crippen LogP contribution in [0.25, 0.3) is 45.2 Å². The van der Waals surface area contributed by atoms with Gasteiger partial charge in [-0.15, -0.1) is 0 Å². The monoisotopic (exact) mass is 668 g/mol. The molecule has 0 bridgehead atoms. The summed E-state index contributed by atoms with van der Waals surface area (Å²) in [4.78, 5) is 0. The van der Waals surface area contributed by atoms with Crippen LogP contribution in [0.5, 0.6) is 0 Å². The molecule has 0 N–H and O–H groups in total. The van der Waals surface area contributed by atoms with Crippen LogP contribution < -0.4 is 20.9 Å². The summed E-state index contributed by atoms with van der Waals surface area (Å²) in [6.07, 6.45) is 20.5.